The van der Waals surface area contributed by atoms with Crippen LogP contribution in [0.4, 0.5) is 20.2 Å². The summed E-state index contributed by atoms with van der Waals surface area (Å²) < 4.78 is 32.9. The van der Waals surface area contributed by atoms with E-state index >= 15 is 0 Å². The maximum Gasteiger partial charge on any atom is 0.261 e. The summed E-state index contributed by atoms with van der Waals surface area (Å²) in [6.45, 7) is 1.94. The highest BCUT2D eigenvalue weighted by atomic mass is 19.1. The molecule has 5 nitrogen and oxygen atoms in total. The lowest BCUT2D eigenvalue weighted by atomic mass is 10.1. The minimum Gasteiger partial charge on any atom is -0.497 e. The Morgan fingerprint density at radius 3 is 2.50 bits per heavy atom. The van der Waals surface area contributed by atoms with Gasteiger partial charge in [0.05, 0.1) is 7.11 Å². The summed E-state index contributed by atoms with van der Waals surface area (Å²) >= 11 is 0. The van der Waals surface area contributed by atoms with E-state index in [1.54, 1.807) is 29.2 Å². The highest BCUT2D eigenvalue weighted by Crippen LogP contribution is 2.29. The molecule has 1 atom stereocenters. The number of carbonyl (C=O) groups excluding carboxylic acids is 2. The van der Waals surface area contributed by atoms with Crippen molar-refractivity contribution in [3.05, 3.63) is 53.6 Å². The van der Waals surface area contributed by atoms with Gasteiger partial charge in [0.2, 0.25) is 5.91 Å². The van der Waals surface area contributed by atoms with Gasteiger partial charge in [0.15, 0.2) is 0 Å². The second-order valence-electron chi connectivity index (χ2n) is 6.12. The molecule has 7 heteroatoms. The van der Waals surface area contributed by atoms with Crippen molar-refractivity contribution in [1.82, 2.24) is 0 Å². The molecule has 0 aromatic heterocycles. The molecule has 0 radical (unpaired) electrons. The zero-order valence-corrected chi connectivity index (χ0v) is 14.4. The lowest BCUT2D eigenvalue weighted by Crippen LogP contribution is -2.30. The van der Waals surface area contributed by atoms with Gasteiger partial charge >= 0.3 is 0 Å². The van der Waals surface area contributed by atoms with Crippen molar-refractivity contribution in [2.24, 2.45) is 0 Å². The molecule has 0 bridgehead atoms. The molecule has 2 aromatic carbocycles. The molecule has 1 N–H and O–H groups in total. The van der Waals surface area contributed by atoms with E-state index in [-0.39, 0.29) is 17.7 Å². The number of benzene rings is 2. The normalized spacial score (nSPS) is 16.7. The van der Waals surface area contributed by atoms with E-state index in [0.717, 1.165) is 18.6 Å². The average Bonchev–Trinajstić information content (AvgIpc) is 2.93. The SMILES string of the molecule is COc1cc(F)c(C(=O)Nc2cccc(N3C(=O)CCC3C)c2)c(F)c1. The van der Waals surface area contributed by atoms with Gasteiger partial charge in [-0.1, -0.05) is 6.07 Å². The van der Waals surface area contributed by atoms with Crippen LogP contribution in [-0.4, -0.2) is 25.0 Å². The second kappa shape index (κ2) is 7.11. The molecule has 1 unspecified atom stereocenters. The van der Waals surface area contributed by atoms with Crippen LogP contribution in [0.25, 0.3) is 0 Å². The molecule has 0 spiro atoms. The Labute approximate surface area is 149 Å². The summed E-state index contributed by atoms with van der Waals surface area (Å²) in [7, 11) is 1.28. The molecular weight excluding hydrogens is 342 g/mol. The smallest absolute Gasteiger partial charge is 0.261 e. The van der Waals surface area contributed by atoms with Gasteiger partial charge in [-0.05, 0) is 31.5 Å². The Morgan fingerprint density at radius 2 is 1.92 bits per heavy atom. The summed E-state index contributed by atoms with van der Waals surface area (Å²) in [5, 5.41) is 2.47. The Bertz CT molecular complexity index is 847. The van der Waals surface area contributed by atoms with Gasteiger partial charge < -0.3 is 15.0 Å². The van der Waals surface area contributed by atoms with E-state index in [9.17, 15) is 18.4 Å². The van der Waals surface area contributed by atoms with Crippen LogP contribution < -0.4 is 15.0 Å². The molecule has 1 fully saturated rings. The van der Waals surface area contributed by atoms with E-state index in [0.29, 0.717) is 17.8 Å². The van der Waals surface area contributed by atoms with Crippen LogP contribution in [0, 0.1) is 11.6 Å². The predicted molar refractivity (Wildman–Crippen MR) is 93.5 cm³/mol. The monoisotopic (exact) mass is 360 g/mol. The number of nitrogens with one attached hydrogen (secondary N) is 1. The first kappa shape index (κ1) is 17.8. The van der Waals surface area contributed by atoms with Gasteiger partial charge in [-0.3, -0.25) is 9.59 Å². The standard InChI is InChI=1S/C19H18F2N2O3/c1-11-6-7-17(24)23(11)13-5-3-4-12(8-13)22-19(25)18-15(20)9-14(26-2)10-16(18)21/h3-5,8-11H,6-7H2,1-2H3,(H,22,25). The summed E-state index contributed by atoms with van der Waals surface area (Å²) in [5.41, 5.74) is 0.282. The van der Waals surface area contributed by atoms with Gasteiger partial charge in [-0.25, -0.2) is 8.78 Å². The van der Waals surface area contributed by atoms with E-state index < -0.39 is 23.1 Å². The fourth-order valence-corrected chi connectivity index (χ4v) is 3.04. The lowest BCUT2D eigenvalue weighted by Gasteiger charge is -2.22. The molecular formula is C19H18F2N2O3. The Balaban J connectivity index is 1.85. The highest BCUT2D eigenvalue weighted by Gasteiger charge is 2.29. The molecule has 136 valence electrons. The van der Waals surface area contributed by atoms with Crippen molar-refractivity contribution in [3.8, 4) is 5.75 Å². The zero-order chi connectivity index (χ0) is 18.8. The van der Waals surface area contributed by atoms with Gasteiger partial charge in [0.25, 0.3) is 5.91 Å². The number of anilines is 2. The maximum absolute atomic E-state index is 14.0. The largest absolute Gasteiger partial charge is 0.497 e. The van der Waals surface area contributed by atoms with Crippen molar-refractivity contribution in [2.75, 3.05) is 17.3 Å². The number of nitrogens with zero attached hydrogens (tertiary/aromatic N) is 1. The van der Waals surface area contributed by atoms with Gasteiger partial charge in [0, 0.05) is 36.0 Å². The molecule has 26 heavy (non-hydrogen) atoms. The van der Waals surface area contributed by atoms with Crippen LogP contribution in [0.2, 0.25) is 0 Å². The van der Waals surface area contributed by atoms with Crippen molar-refractivity contribution >= 4 is 23.2 Å². The number of hydrogen-bond acceptors (Lipinski definition) is 3. The molecule has 3 rings (SSSR count). The third kappa shape index (κ3) is 3.37. The Morgan fingerprint density at radius 1 is 1.23 bits per heavy atom. The second-order valence-corrected chi connectivity index (χ2v) is 6.12. The highest BCUT2D eigenvalue weighted by molar-refractivity contribution is 6.05. The fraction of sp³-hybridized carbons (Fsp3) is 0.263. The summed E-state index contributed by atoms with van der Waals surface area (Å²) in [6, 6.07) is 8.57. The molecule has 2 amide bonds. The van der Waals surface area contributed by atoms with Crippen molar-refractivity contribution in [3.63, 3.8) is 0 Å². The zero-order valence-electron chi connectivity index (χ0n) is 14.4. The van der Waals surface area contributed by atoms with Crippen molar-refractivity contribution < 1.29 is 23.1 Å². The van der Waals surface area contributed by atoms with Crippen LogP contribution in [0.3, 0.4) is 0 Å². The molecule has 0 aliphatic carbocycles. The molecule has 1 heterocycles. The van der Waals surface area contributed by atoms with Crippen LogP contribution >= 0.6 is 0 Å². The van der Waals surface area contributed by atoms with Crippen LogP contribution in [-0.2, 0) is 4.79 Å². The maximum atomic E-state index is 14.0. The topological polar surface area (TPSA) is 58.6 Å². The first-order valence-corrected chi connectivity index (χ1v) is 8.17. The quantitative estimate of drug-likeness (QED) is 0.904. The average molecular weight is 360 g/mol. The molecule has 1 aliphatic rings. The number of rotatable bonds is 4. The fourth-order valence-electron chi connectivity index (χ4n) is 3.04. The molecule has 0 saturated carbocycles. The van der Waals surface area contributed by atoms with Crippen LogP contribution in [0.1, 0.15) is 30.1 Å². The first-order valence-electron chi connectivity index (χ1n) is 8.17. The molecule has 1 saturated heterocycles. The third-order valence-electron chi connectivity index (χ3n) is 4.35. The van der Waals surface area contributed by atoms with Crippen LogP contribution in [0.15, 0.2) is 36.4 Å². The number of methoxy groups -OCH3 is 1. The summed E-state index contributed by atoms with van der Waals surface area (Å²) in [4.78, 5) is 26.0. The number of halogens is 2. The van der Waals surface area contributed by atoms with E-state index in [1.165, 1.54) is 7.11 Å². The summed E-state index contributed by atoms with van der Waals surface area (Å²) in [5.74, 6) is -2.95. The van der Waals surface area contributed by atoms with Crippen molar-refractivity contribution in [2.45, 2.75) is 25.8 Å². The molecule has 2 aromatic rings. The van der Waals surface area contributed by atoms with Gasteiger partial charge in [0.1, 0.15) is 22.9 Å². The first-order chi connectivity index (χ1) is 12.4. The minimum atomic E-state index is -1.01. The van der Waals surface area contributed by atoms with E-state index in [1.807, 2.05) is 6.92 Å². The van der Waals surface area contributed by atoms with E-state index in [4.69, 9.17) is 4.74 Å². The number of hydrogen-bond donors (Lipinski definition) is 1. The minimum absolute atomic E-state index is 0.00761. The predicted octanol–water partition coefficient (Wildman–Crippen LogP) is 3.74. The van der Waals surface area contributed by atoms with Crippen molar-refractivity contribution in [1.29, 1.82) is 0 Å². The summed E-state index contributed by atoms with van der Waals surface area (Å²) in [6.07, 6.45) is 1.23. The number of carbonyl (C=O) groups is 2. The van der Waals surface area contributed by atoms with Gasteiger partial charge in [-0.2, -0.15) is 0 Å². The van der Waals surface area contributed by atoms with Crippen LogP contribution in [0.5, 0.6) is 5.75 Å². The number of ether oxygens (including phenoxy) is 1. The Kier molecular flexibility index (Phi) is 4.88. The number of amides is 2. The van der Waals surface area contributed by atoms with Gasteiger partial charge in [-0.15, -0.1) is 0 Å². The third-order valence-corrected chi connectivity index (χ3v) is 4.35. The lowest BCUT2D eigenvalue weighted by molar-refractivity contribution is -0.117. The Hall–Kier alpha value is -2.96. The molecule has 1 aliphatic heterocycles. The van der Waals surface area contributed by atoms with E-state index in [2.05, 4.69) is 5.32 Å².